The average molecular weight is 670 g/mol. The first-order chi connectivity index (χ1) is 22.1. The lowest BCUT2D eigenvalue weighted by atomic mass is 9.83. The number of hydrogen-bond donors (Lipinski definition) is 8. The van der Waals surface area contributed by atoms with Crippen LogP contribution < -0.4 is 27.0 Å². The molecule has 5 amide bonds. The minimum Gasteiger partial charge on any atom is -0.391 e. The Hall–Kier alpha value is -2.85. The van der Waals surface area contributed by atoms with Crippen molar-refractivity contribution in [3.8, 4) is 0 Å². The smallest absolute Gasteiger partial charge is 0.247 e. The molecule has 15 heteroatoms. The van der Waals surface area contributed by atoms with Crippen LogP contribution in [0, 0.1) is 11.8 Å². The Morgan fingerprint density at radius 3 is 2.13 bits per heavy atom. The minimum atomic E-state index is -2.27. The number of carbonyl (C=O) groups excluding carboxylic acids is 5. The van der Waals surface area contributed by atoms with Crippen LogP contribution in [0.1, 0.15) is 86.0 Å². The first-order valence-electron chi connectivity index (χ1n) is 17.0. The van der Waals surface area contributed by atoms with E-state index in [1.807, 2.05) is 20.8 Å². The van der Waals surface area contributed by atoms with E-state index in [2.05, 4.69) is 21.3 Å². The summed E-state index contributed by atoms with van der Waals surface area (Å²) >= 11 is 0. The maximum absolute atomic E-state index is 14.0. The predicted octanol–water partition coefficient (Wildman–Crippen LogP) is -1.46. The van der Waals surface area contributed by atoms with Gasteiger partial charge in [0.2, 0.25) is 29.5 Å². The van der Waals surface area contributed by atoms with Gasteiger partial charge in [0.25, 0.3) is 0 Å². The molecule has 2 aliphatic rings. The van der Waals surface area contributed by atoms with Crippen LogP contribution in [-0.4, -0.2) is 130 Å². The number of unbranched alkanes of at least 4 members (excludes halogenated alkanes) is 1. The summed E-state index contributed by atoms with van der Waals surface area (Å²) in [4.78, 5) is 71.5. The number of carbonyl (C=O) groups is 5. The molecule has 0 radical (unpaired) electrons. The Bertz CT molecular complexity index is 1070. The minimum absolute atomic E-state index is 0.00851. The molecule has 0 bridgehead atoms. The van der Waals surface area contributed by atoms with Crippen molar-refractivity contribution in [1.29, 1.82) is 0 Å². The normalized spacial score (nSPS) is 31.0. The maximum Gasteiger partial charge on any atom is 0.247 e. The summed E-state index contributed by atoms with van der Waals surface area (Å²) in [6, 6.07) is -5.75. The molecule has 1 aliphatic heterocycles. The quantitative estimate of drug-likeness (QED) is 0.142. The molecule has 2 fully saturated rings. The van der Waals surface area contributed by atoms with E-state index in [0.717, 1.165) is 25.7 Å². The molecule has 9 N–H and O–H groups in total. The summed E-state index contributed by atoms with van der Waals surface area (Å²) < 4.78 is 0. The zero-order valence-electron chi connectivity index (χ0n) is 29.0. The van der Waals surface area contributed by atoms with Crippen LogP contribution in [0.4, 0.5) is 0 Å². The molecule has 0 aromatic heterocycles. The van der Waals surface area contributed by atoms with Crippen molar-refractivity contribution < 1.29 is 39.3 Å². The van der Waals surface area contributed by atoms with Gasteiger partial charge in [-0.25, -0.2) is 0 Å². The van der Waals surface area contributed by atoms with E-state index in [4.69, 9.17) is 5.73 Å². The van der Waals surface area contributed by atoms with E-state index in [1.165, 1.54) is 18.9 Å². The van der Waals surface area contributed by atoms with Crippen LogP contribution in [0.3, 0.4) is 0 Å². The topological polar surface area (TPSA) is 227 Å². The Morgan fingerprint density at radius 2 is 1.60 bits per heavy atom. The molecule has 7 atom stereocenters. The van der Waals surface area contributed by atoms with Gasteiger partial charge in [-0.2, -0.15) is 0 Å². The fourth-order valence-electron chi connectivity index (χ4n) is 6.30. The molecule has 1 saturated carbocycles. The summed E-state index contributed by atoms with van der Waals surface area (Å²) in [7, 11) is 1.53. The fourth-order valence-corrected chi connectivity index (χ4v) is 6.30. The molecular weight excluding hydrogens is 610 g/mol. The van der Waals surface area contributed by atoms with Crippen molar-refractivity contribution in [3.63, 3.8) is 0 Å². The first kappa shape index (κ1) is 40.3. The highest BCUT2D eigenvalue weighted by atomic mass is 16.4. The molecule has 47 heavy (non-hydrogen) atoms. The highest BCUT2D eigenvalue weighted by Crippen LogP contribution is 2.27. The standard InChI is InChI=1S/C32H59N7O8/c1-7-8-14-39-17-32(47,18-40)37-30(45)25(21(5)41)35-27(42)23(16-33)34-29(44)26(22-12-10-9-11-13-22)36-28(43)24(15-19(2)3)38(6)31(46)20(39)4/h19-26,40-41,47H,7-18,33H2,1-6H3,(H,34,44)(H,35,42)(H,36,43)(H,37,45)/t20-,21-,23-,24-,25-,26-,32-/m0/s1. The highest BCUT2D eigenvalue weighted by molar-refractivity contribution is 5.96. The van der Waals surface area contributed by atoms with Crippen molar-refractivity contribution in [1.82, 2.24) is 31.1 Å². The maximum atomic E-state index is 14.0. The SMILES string of the molecule is CCCCN1C[C@](O)(CO)NC(=O)[C@H]([C@H](C)O)NC(=O)[C@H](CN)NC(=O)[C@H](C2CCCCC2)NC(=O)[C@H](CC(C)C)N(C)C(=O)[C@@H]1C. The molecule has 1 saturated heterocycles. The molecule has 0 unspecified atom stereocenters. The Kier molecular flexibility index (Phi) is 16.0. The van der Waals surface area contributed by atoms with Crippen LogP contribution >= 0.6 is 0 Å². The van der Waals surface area contributed by atoms with Crippen LogP contribution in [0.2, 0.25) is 0 Å². The lowest BCUT2D eigenvalue weighted by Crippen LogP contribution is -2.67. The van der Waals surface area contributed by atoms with Crippen LogP contribution in [0.15, 0.2) is 0 Å². The van der Waals surface area contributed by atoms with Gasteiger partial charge in [0, 0.05) is 20.1 Å². The van der Waals surface area contributed by atoms with Crippen molar-refractivity contribution in [2.24, 2.45) is 17.6 Å². The number of nitrogens with one attached hydrogen (secondary N) is 4. The summed E-state index contributed by atoms with van der Waals surface area (Å²) in [5.74, 6) is -3.61. The lowest BCUT2D eigenvalue weighted by molar-refractivity contribution is -0.149. The summed E-state index contributed by atoms with van der Waals surface area (Å²) in [6.07, 6.45) is 4.34. The number of aliphatic hydroxyl groups excluding tert-OH is 2. The van der Waals surface area contributed by atoms with E-state index in [9.17, 15) is 39.3 Å². The van der Waals surface area contributed by atoms with E-state index in [1.54, 1.807) is 11.8 Å². The Balaban J connectivity index is 2.66. The third-order valence-electron chi connectivity index (χ3n) is 9.23. The fraction of sp³-hybridized carbons (Fsp3) is 0.844. The average Bonchev–Trinajstić information content (AvgIpc) is 3.03. The Labute approximate surface area is 278 Å². The van der Waals surface area contributed by atoms with E-state index in [-0.39, 0.29) is 24.9 Å². The third-order valence-corrected chi connectivity index (χ3v) is 9.23. The number of aliphatic hydroxyl groups is 3. The highest BCUT2D eigenvalue weighted by Gasteiger charge is 2.41. The van der Waals surface area contributed by atoms with Gasteiger partial charge in [0.05, 0.1) is 18.8 Å². The molecule has 0 spiro atoms. The molecule has 1 heterocycles. The molecule has 0 aromatic rings. The van der Waals surface area contributed by atoms with Crippen LogP contribution in [0.5, 0.6) is 0 Å². The van der Waals surface area contributed by atoms with Gasteiger partial charge in [-0.05, 0) is 57.9 Å². The van der Waals surface area contributed by atoms with Crippen molar-refractivity contribution >= 4 is 29.5 Å². The predicted molar refractivity (Wildman–Crippen MR) is 175 cm³/mol. The third kappa shape index (κ3) is 11.4. The van der Waals surface area contributed by atoms with Gasteiger partial charge in [-0.15, -0.1) is 0 Å². The van der Waals surface area contributed by atoms with Gasteiger partial charge in [-0.1, -0.05) is 46.5 Å². The van der Waals surface area contributed by atoms with Crippen LogP contribution in [0.25, 0.3) is 0 Å². The number of β-amino-alcohol motifs (C(OH)–C–C–N with tert-alkyl or cyclic N) is 1. The second-order valence-electron chi connectivity index (χ2n) is 13.7. The zero-order valence-corrected chi connectivity index (χ0v) is 29.0. The molecule has 15 nitrogen and oxygen atoms in total. The van der Waals surface area contributed by atoms with Crippen molar-refractivity contribution in [3.05, 3.63) is 0 Å². The monoisotopic (exact) mass is 669 g/mol. The summed E-state index contributed by atoms with van der Waals surface area (Å²) in [6.45, 7) is 7.34. The second-order valence-corrected chi connectivity index (χ2v) is 13.7. The number of amides is 5. The molecule has 1 aliphatic carbocycles. The number of nitrogens with zero attached hydrogens (tertiary/aromatic N) is 2. The van der Waals surface area contributed by atoms with E-state index < -0.39 is 78.2 Å². The van der Waals surface area contributed by atoms with Crippen molar-refractivity contribution in [2.75, 3.05) is 33.3 Å². The van der Waals surface area contributed by atoms with Gasteiger partial charge in [-0.3, -0.25) is 28.9 Å². The number of nitrogens with two attached hydrogens (primary N) is 1. The van der Waals surface area contributed by atoms with Gasteiger partial charge in [0.15, 0.2) is 5.72 Å². The number of likely N-dealkylation sites (N-methyl/N-ethyl adjacent to an activating group) is 1. The molecule has 270 valence electrons. The zero-order chi connectivity index (χ0) is 35.5. The largest absolute Gasteiger partial charge is 0.391 e. The van der Waals surface area contributed by atoms with Crippen molar-refractivity contribution in [2.45, 2.75) is 128 Å². The Morgan fingerprint density at radius 1 is 0.957 bits per heavy atom. The van der Waals surface area contributed by atoms with E-state index in [0.29, 0.717) is 32.2 Å². The number of hydrogen-bond acceptors (Lipinski definition) is 10. The molecule has 0 aromatic carbocycles. The van der Waals surface area contributed by atoms with Gasteiger partial charge in [0.1, 0.15) is 24.2 Å². The second kappa shape index (κ2) is 18.6. The first-order valence-corrected chi connectivity index (χ1v) is 17.0. The summed E-state index contributed by atoms with van der Waals surface area (Å²) in [5.41, 5.74) is 3.60. The number of rotatable bonds is 9. The summed E-state index contributed by atoms with van der Waals surface area (Å²) in [5, 5.41) is 42.3. The van der Waals surface area contributed by atoms with E-state index >= 15 is 0 Å². The van der Waals surface area contributed by atoms with Crippen LogP contribution in [-0.2, 0) is 24.0 Å². The van der Waals surface area contributed by atoms with Gasteiger partial charge >= 0.3 is 0 Å². The molecular formula is C32H59N7O8. The lowest BCUT2D eigenvalue weighted by Gasteiger charge is -2.40. The molecule has 2 rings (SSSR count). The van der Waals surface area contributed by atoms with Gasteiger partial charge < -0.3 is 47.2 Å².